The molecular formula is C22H34FNO7S. The van der Waals surface area contributed by atoms with Gasteiger partial charge in [0.2, 0.25) is 10.0 Å². The quantitative estimate of drug-likeness (QED) is 0.259. The lowest BCUT2D eigenvalue weighted by Gasteiger charge is -2.24. The van der Waals surface area contributed by atoms with Crippen LogP contribution in [0.5, 0.6) is 0 Å². The summed E-state index contributed by atoms with van der Waals surface area (Å²) in [6.07, 6.45) is 2.60. The zero-order valence-corrected chi connectivity index (χ0v) is 18.9. The van der Waals surface area contributed by atoms with Crippen LogP contribution in [0.25, 0.3) is 0 Å². The van der Waals surface area contributed by atoms with Gasteiger partial charge in [-0.15, -0.1) is 0 Å². The summed E-state index contributed by atoms with van der Waals surface area (Å²) in [5.41, 5.74) is 0. The van der Waals surface area contributed by atoms with Crippen LogP contribution in [0, 0.1) is 17.7 Å². The van der Waals surface area contributed by atoms with Crippen LogP contribution >= 0.6 is 0 Å². The third-order valence-electron chi connectivity index (χ3n) is 6.15. The van der Waals surface area contributed by atoms with Crippen molar-refractivity contribution < 1.29 is 38.0 Å². The number of benzene rings is 1. The van der Waals surface area contributed by atoms with Crippen molar-refractivity contribution in [3.05, 3.63) is 30.1 Å². The number of hydrogen-bond acceptors (Lipinski definition) is 6. The summed E-state index contributed by atoms with van der Waals surface area (Å²) in [5.74, 6) is -1.79. The Bertz CT molecular complexity index is 835. The van der Waals surface area contributed by atoms with Crippen LogP contribution in [0.3, 0.4) is 0 Å². The van der Waals surface area contributed by atoms with E-state index in [1.807, 2.05) is 0 Å². The van der Waals surface area contributed by atoms with E-state index in [0.717, 1.165) is 31.4 Å². The van der Waals surface area contributed by atoms with E-state index in [-0.39, 0.29) is 42.5 Å². The molecule has 1 aromatic rings. The zero-order valence-electron chi connectivity index (χ0n) is 18.1. The Balaban J connectivity index is 1.77. The Labute approximate surface area is 188 Å². The number of aliphatic hydroxyl groups is 3. The highest BCUT2D eigenvalue weighted by Crippen LogP contribution is 2.39. The maximum atomic E-state index is 13.3. The average Bonchev–Trinajstić information content (AvgIpc) is 2.99. The minimum atomic E-state index is -3.95. The Morgan fingerprint density at radius 2 is 1.75 bits per heavy atom. The van der Waals surface area contributed by atoms with E-state index < -0.39 is 40.1 Å². The van der Waals surface area contributed by atoms with Gasteiger partial charge in [0.05, 0.1) is 23.2 Å². The first kappa shape index (κ1) is 26.7. The van der Waals surface area contributed by atoms with Gasteiger partial charge in [-0.3, -0.25) is 4.79 Å². The van der Waals surface area contributed by atoms with Gasteiger partial charge in [-0.25, -0.2) is 17.5 Å². The number of aliphatic carboxylic acids is 1. The van der Waals surface area contributed by atoms with Gasteiger partial charge in [-0.05, 0) is 62.1 Å². The highest BCUT2D eigenvalue weighted by Gasteiger charge is 2.40. The molecule has 1 fully saturated rings. The van der Waals surface area contributed by atoms with Crippen LogP contribution < -0.4 is 4.72 Å². The second-order valence-corrected chi connectivity index (χ2v) is 10.4. The number of aliphatic hydroxyl groups excluding tert-OH is 3. The molecule has 182 valence electrons. The molecular weight excluding hydrogens is 441 g/mol. The van der Waals surface area contributed by atoms with E-state index >= 15 is 0 Å². The molecule has 1 aliphatic carbocycles. The predicted octanol–water partition coefficient (Wildman–Crippen LogP) is 2.03. The lowest BCUT2D eigenvalue weighted by Crippen LogP contribution is -2.33. The van der Waals surface area contributed by atoms with Gasteiger partial charge in [0.15, 0.2) is 0 Å². The summed E-state index contributed by atoms with van der Waals surface area (Å²) in [6.45, 7) is -0.238. The van der Waals surface area contributed by atoms with Crippen LogP contribution in [0.2, 0.25) is 0 Å². The summed E-state index contributed by atoms with van der Waals surface area (Å²) in [7, 11) is -3.95. The minimum absolute atomic E-state index is 0.111. The van der Waals surface area contributed by atoms with Gasteiger partial charge in [0.25, 0.3) is 0 Å². The van der Waals surface area contributed by atoms with Crippen LogP contribution in [0.1, 0.15) is 57.8 Å². The fourth-order valence-corrected chi connectivity index (χ4v) is 5.50. The molecule has 8 nitrogen and oxygen atoms in total. The van der Waals surface area contributed by atoms with Crippen molar-refractivity contribution in [1.29, 1.82) is 0 Å². The van der Waals surface area contributed by atoms with Crippen molar-refractivity contribution in [3.63, 3.8) is 0 Å². The van der Waals surface area contributed by atoms with Crippen molar-refractivity contribution in [1.82, 2.24) is 4.72 Å². The smallest absolute Gasteiger partial charge is 0.303 e. The number of unbranched alkanes of at least 4 members (excludes halogenated alkanes) is 3. The zero-order chi connectivity index (χ0) is 23.7. The number of nitrogens with one attached hydrogen (secondary N) is 1. The monoisotopic (exact) mass is 475 g/mol. The second kappa shape index (κ2) is 12.6. The number of rotatable bonds is 14. The topological polar surface area (TPSA) is 144 Å². The molecule has 5 N–H and O–H groups in total. The highest BCUT2D eigenvalue weighted by molar-refractivity contribution is 7.89. The van der Waals surface area contributed by atoms with Gasteiger partial charge in [0, 0.05) is 13.0 Å². The fraction of sp³-hybridized carbons (Fsp3) is 0.682. The van der Waals surface area contributed by atoms with Crippen LogP contribution in [0.15, 0.2) is 29.2 Å². The van der Waals surface area contributed by atoms with E-state index in [4.69, 9.17) is 5.11 Å². The largest absolute Gasteiger partial charge is 0.481 e. The molecule has 0 bridgehead atoms. The first-order chi connectivity index (χ1) is 15.1. The number of halogens is 1. The van der Waals surface area contributed by atoms with Crippen molar-refractivity contribution >= 4 is 16.0 Å². The number of sulfonamides is 1. The van der Waals surface area contributed by atoms with Crippen LogP contribution in [-0.2, 0) is 14.8 Å². The lowest BCUT2D eigenvalue weighted by atomic mass is 9.85. The number of hydrogen-bond donors (Lipinski definition) is 5. The van der Waals surface area contributed by atoms with Gasteiger partial charge in [0.1, 0.15) is 5.82 Å². The lowest BCUT2D eigenvalue weighted by molar-refractivity contribution is -0.137. The maximum absolute atomic E-state index is 13.3. The second-order valence-electron chi connectivity index (χ2n) is 8.59. The third-order valence-corrected chi connectivity index (χ3v) is 7.57. The molecule has 0 aliphatic heterocycles. The van der Waals surface area contributed by atoms with Crippen molar-refractivity contribution in [2.75, 3.05) is 6.54 Å². The fourth-order valence-electron chi connectivity index (χ4n) is 4.40. The molecule has 0 radical (unpaired) electrons. The molecule has 0 heterocycles. The number of carboxylic acids is 1. The molecule has 1 unspecified atom stereocenters. The molecule has 2 rings (SSSR count). The average molecular weight is 476 g/mol. The summed E-state index contributed by atoms with van der Waals surface area (Å²) >= 11 is 0. The Kier molecular flexibility index (Phi) is 10.5. The molecule has 1 saturated carbocycles. The third kappa shape index (κ3) is 8.40. The minimum Gasteiger partial charge on any atom is -0.481 e. The van der Waals surface area contributed by atoms with Gasteiger partial charge >= 0.3 is 5.97 Å². The van der Waals surface area contributed by atoms with E-state index in [9.17, 15) is 32.9 Å². The summed E-state index contributed by atoms with van der Waals surface area (Å²) in [6, 6.07) is 4.60. The molecule has 0 saturated heterocycles. The molecule has 0 aromatic heterocycles. The first-order valence-electron chi connectivity index (χ1n) is 11.1. The van der Waals surface area contributed by atoms with E-state index in [2.05, 4.69) is 4.72 Å². The molecule has 5 atom stereocenters. The standard InChI is InChI=1S/C22H34FNO7S/c23-15-6-5-7-17(12-15)32(30,31)24-14-16(25)10-11-19-18(20(26)13-21(19)27)8-3-1-2-4-9-22(28)29/h5-7,12,16,18-21,24-27H,1-4,8-11,13-14H2,(H,28,29)/t16?,18-,19-,20+,21-/m1/s1. The molecule has 1 aliphatic rings. The van der Waals surface area contributed by atoms with Crippen molar-refractivity contribution in [2.45, 2.75) is 81.0 Å². The Hall–Kier alpha value is -1.59. The molecule has 10 heteroatoms. The molecule has 32 heavy (non-hydrogen) atoms. The summed E-state index contributed by atoms with van der Waals surface area (Å²) < 4.78 is 40.0. The maximum Gasteiger partial charge on any atom is 0.303 e. The van der Waals surface area contributed by atoms with E-state index in [0.29, 0.717) is 19.3 Å². The molecule has 0 spiro atoms. The number of carboxylic acid groups (broad SMARTS) is 1. The van der Waals surface area contributed by atoms with Crippen LogP contribution in [-0.4, -0.2) is 59.7 Å². The predicted molar refractivity (Wildman–Crippen MR) is 116 cm³/mol. The van der Waals surface area contributed by atoms with Crippen LogP contribution in [0.4, 0.5) is 4.39 Å². The van der Waals surface area contributed by atoms with Crippen molar-refractivity contribution in [3.8, 4) is 0 Å². The van der Waals surface area contributed by atoms with E-state index in [1.165, 1.54) is 12.1 Å². The molecule has 1 aromatic carbocycles. The Morgan fingerprint density at radius 3 is 2.41 bits per heavy atom. The normalized spacial score (nSPS) is 24.5. The van der Waals surface area contributed by atoms with Gasteiger partial charge in [-0.1, -0.05) is 25.3 Å². The van der Waals surface area contributed by atoms with E-state index in [1.54, 1.807) is 0 Å². The highest BCUT2D eigenvalue weighted by atomic mass is 32.2. The van der Waals surface area contributed by atoms with Gasteiger partial charge in [-0.2, -0.15) is 0 Å². The summed E-state index contributed by atoms with van der Waals surface area (Å²) in [5, 5.41) is 39.5. The molecule has 0 amide bonds. The Morgan fingerprint density at radius 1 is 1.09 bits per heavy atom. The summed E-state index contributed by atoms with van der Waals surface area (Å²) in [4.78, 5) is 10.3. The number of carbonyl (C=O) groups is 1. The SMILES string of the molecule is O=C(O)CCCCCC[C@@H]1[C@@H](CCC(O)CNS(=O)(=O)c2cccc(F)c2)[C@H](O)C[C@@H]1O. The first-order valence-corrected chi connectivity index (χ1v) is 12.6. The van der Waals surface area contributed by atoms with Gasteiger partial charge < -0.3 is 20.4 Å². The van der Waals surface area contributed by atoms with Crippen molar-refractivity contribution in [2.24, 2.45) is 11.8 Å².